The third-order valence-electron chi connectivity index (χ3n) is 1.89. The maximum absolute atomic E-state index is 9.47. The average Bonchev–Trinajstić information content (AvgIpc) is 2.36. The number of aliphatic carboxylic acids is 2. The smallest absolute Gasteiger partial charge is 1.00 e. The van der Waals surface area contributed by atoms with Gasteiger partial charge >= 0.3 is 41.5 Å². The monoisotopic (exact) mass is 297 g/mol. The summed E-state index contributed by atoms with van der Waals surface area (Å²) in [5, 5.41) is 21.8. The number of allylic oxidation sites excluding steroid dienone is 1. The molecule has 0 rings (SSSR count). The third-order valence-corrected chi connectivity index (χ3v) is 1.89. The van der Waals surface area contributed by atoms with Gasteiger partial charge in [0.15, 0.2) is 0 Å². The van der Waals surface area contributed by atoms with Crippen LogP contribution in [-0.4, -0.2) is 27.9 Å². The van der Waals surface area contributed by atoms with E-state index in [-0.39, 0.29) is 43.1 Å². The summed E-state index contributed by atoms with van der Waals surface area (Å²) in [6.07, 6.45) is 8.83. The number of nitrogens with one attached hydrogen (secondary N) is 1. The first-order chi connectivity index (χ1) is 8.83. The fourth-order valence-corrected chi connectivity index (χ4v) is 0.715. The first kappa shape index (κ1) is 27.7. The molecule has 0 aromatic rings. The molecule has 0 spiro atoms. The molecule has 3 N–H and O–H groups in total. The van der Waals surface area contributed by atoms with Gasteiger partial charge in [-0.1, -0.05) is 39.2 Å². The summed E-state index contributed by atoms with van der Waals surface area (Å²) in [6, 6.07) is 0. The van der Waals surface area contributed by atoms with Crippen molar-refractivity contribution in [2.75, 3.05) is 0 Å². The van der Waals surface area contributed by atoms with Gasteiger partial charge in [-0.25, -0.2) is 4.79 Å². The Bertz CT molecular complexity index is 262. The standard InChI is InChI=1S/C8H16.C3H5NO2.C3H6O2.Na.H/c1-3-5-7-8-6-4-2;1-2(4)3(5)6;1-2-3(4)5;;/h3H,1,4-8H2,2H3;4H,1H3,(H,5,6);2H2,1H3,(H,4,5);;/q;;;+1;-1. The second kappa shape index (κ2) is 23.4. The van der Waals surface area contributed by atoms with Gasteiger partial charge in [0, 0.05) is 6.42 Å². The van der Waals surface area contributed by atoms with E-state index in [1.165, 1.54) is 39.0 Å². The molecule has 0 aliphatic rings. The number of carbonyl (C=O) groups is 2. The zero-order valence-corrected chi connectivity index (χ0v) is 15.2. The predicted octanol–water partition coefficient (Wildman–Crippen LogP) is 0.851. The Hall–Kier alpha value is -0.650. The van der Waals surface area contributed by atoms with E-state index < -0.39 is 11.9 Å². The Morgan fingerprint density at radius 1 is 1.20 bits per heavy atom. The van der Waals surface area contributed by atoms with Gasteiger partial charge in [0.05, 0.1) is 0 Å². The zero-order valence-electron chi connectivity index (χ0n) is 14.2. The van der Waals surface area contributed by atoms with Crippen molar-refractivity contribution in [1.82, 2.24) is 0 Å². The van der Waals surface area contributed by atoms with E-state index in [2.05, 4.69) is 13.5 Å². The normalized spacial score (nSPS) is 7.75. The maximum atomic E-state index is 9.47. The van der Waals surface area contributed by atoms with Crippen LogP contribution in [0, 0.1) is 5.41 Å². The largest absolute Gasteiger partial charge is 1.00 e. The van der Waals surface area contributed by atoms with Crippen LogP contribution in [0.4, 0.5) is 0 Å². The summed E-state index contributed by atoms with van der Waals surface area (Å²) < 4.78 is 0. The quantitative estimate of drug-likeness (QED) is 0.281. The molecule has 0 aromatic heterocycles. The molecule has 6 heteroatoms. The van der Waals surface area contributed by atoms with Gasteiger partial charge < -0.3 is 11.6 Å². The Labute approximate surface area is 145 Å². The molecule has 0 saturated carbocycles. The summed E-state index contributed by atoms with van der Waals surface area (Å²) >= 11 is 0. The molecule has 0 aromatic carbocycles. The molecule has 5 nitrogen and oxygen atoms in total. The van der Waals surface area contributed by atoms with Gasteiger partial charge in [-0.2, -0.15) is 0 Å². The molecule has 0 unspecified atom stereocenters. The Balaban J connectivity index is -0.0000000598. The van der Waals surface area contributed by atoms with Crippen LogP contribution in [0.1, 0.15) is 60.7 Å². The fraction of sp³-hybridized carbons (Fsp3) is 0.643. The molecule has 0 fully saturated rings. The van der Waals surface area contributed by atoms with E-state index >= 15 is 0 Å². The number of hydrogen-bond acceptors (Lipinski definition) is 3. The molecule has 0 amide bonds. The minimum atomic E-state index is -1.16. The van der Waals surface area contributed by atoms with E-state index in [1.54, 1.807) is 6.92 Å². The second-order valence-corrected chi connectivity index (χ2v) is 3.82. The minimum Gasteiger partial charge on any atom is -1.00 e. The minimum absolute atomic E-state index is 0. The molecule has 114 valence electrons. The second-order valence-electron chi connectivity index (χ2n) is 3.82. The van der Waals surface area contributed by atoms with E-state index in [0.29, 0.717) is 0 Å². The van der Waals surface area contributed by atoms with Crippen LogP contribution in [0.15, 0.2) is 12.7 Å². The summed E-state index contributed by atoms with van der Waals surface area (Å²) in [5.41, 5.74) is -0.324. The van der Waals surface area contributed by atoms with Crippen LogP contribution in [0.3, 0.4) is 0 Å². The average molecular weight is 297 g/mol. The number of hydrogen-bond donors (Lipinski definition) is 3. The number of carboxylic acid groups (broad SMARTS) is 2. The van der Waals surface area contributed by atoms with Crippen molar-refractivity contribution in [3.8, 4) is 0 Å². The molecule has 0 saturated heterocycles. The topological polar surface area (TPSA) is 98.5 Å². The summed E-state index contributed by atoms with van der Waals surface area (Å²) in [7, 11) is 0. The van der Waals surface area contributed by atoms with Crippen LogP contribution in [0.5, 0.6) is 0 Å². The van der Waals surface area contributed by atoms with Crippen molar-refractivity contribution in [3.63, 3.8) is 0 Å². The van der Waals surface area contributed by atoms with Gasteiger partial charge in [-0.05, 0) is 19.8 Å². The molecule has 20 heavy (non-hydrogen) atoms. The van der Waals surface area contributed by atoms with E-state index in [4.69, 9.17) is 15.6 Å². The molecule has 0 aliphatic heterocycles. The van der Waals surface area contributed by atoms with Gasteiger partial charge in [0.25, 0.3) is 0 Å². The summed E-state index contributed by atoms with van der Waals surface area (Å²) in [4.78, 5) is 18.8. The Morgan fingerprint density at radius 3 is 1.80 bits per heavy atom. The van der Waals surface area contributed by atoms with Crippen molar-refractivity contribution in [1.29, 1.82) is 5.41 Å². The predicted molar refractivity (Wildman–Crippen MR) is 79.0 cm³/mol. The number of rotatable bonds is 7. The first-order valence-corrected chi connectivity index (χ1v) is 6.44. The SMILES string of the molecule is C=CCCCCCC.CC(=N)C(=O)O.CCC(=O)O.[H-].[Na+]. The molecule has 0 bridgehead atoms. The first-order valence-electron chi connectivity index (χ1n) is 6.44. The molecular formula is C14H28NNaO4. The zero-order chi connectivity index (χ0) is 15.7. The van der Waals surface area contributed by atoms with Gasteiger partial charge in [-0.3, -0.25) is 10.2 Å². The number of carboxylic acids is 2. The number of unbranched alkanes of at least 4 members (excludes halogenated alkanes) is 4. The fourth-order valence-electron chi connectivity index (χ4n) is 0.715. The van der Waals surface area contributed by atoms with Crippen LogP contribution in [-0.2, 0) is 9.59 Å². The van der Waals surface area contributed by atoms with E-state index in [1.807, 2.05) is 6.08 Å². The van der Waals surface area contributed by atoms with Crippen LogP contribution >= 0.6 is 0 Å². The Kier molecular flexibility index (Phi) is 32.4. The van der Waals surface area contributed by atoms with Crippen molar-refractivity contribution in [3.05, 3.63) is 12.7 Å². The molecule has 0 heterocycles. The molecular weight excluding hydrogens is 269 g/mol. The van der Waals surface area contributed by atoms with Crippen LogP contribution in [0.25, 0.3) is 0 Å². The van der Waals surface area contributed by atoms with Crippen LogP contribution < -0.4 is 29.6 Å². The summed E-state index contributed by atoms with van der Waals surface area (Å²) in [6.45, 7) is 8.71. The molecule has 0 aliphatic carbocycles. The van der Waals surface area contributed by atoms with Gasteiger partial charge in [0.1, 0.15) is 5.71 Å². The van der Waals surface area contributed by atoms with E-state index in [9.17, 15) is 9.59 Å². The van der Waals surface area contributed by atoms with Crippen LogP contribution in [0.2, 0.25) is 0 Å². The van der Waals surface area contributed by atoms with Crippen molar-refractivity contribution >= 4 is 17.7 Å². The van der Waals surface area contributed by atoms with Crippen molar-refractivity contribution < 1.29 is 50.8 Å². The van der Waals surface area contributed by atoms with E-state index in [0.717, 1.165) is 0 Å². The summed E-state index contributed by atoms with van der Waals surface area (Å²) in [5.74, 6) is -1.90. The van der Waals surface area contributed by atoms with Gasteiger partial charge in [0.2, 0.25) is 0 Å². The van der Waals surface area contributed by atoms with Crippen molar-refractivity contribution in [2.45, 2.75) is 59.3 Å². The molecule has 0 atom stereocenters. The molecule has 0 radical (unpaired) electrons. The van der Waals surface area contributed by atoms with Gasteiger partial charge in [-0.15, -0.1) is 6.58 Å². The third kappa shape index (κ3) is 43.3. The van der Waals surface area contributed by atoms with Crippen molar-refractivity contribution in [2.24, 2.45) is 0 Å². The Morgan fingerprint density at radius 2 is 1.60 bits per heavy atom. The maximum Gasteiger partial charge on any atom is 1.00 e.